The zero-order chi connectivity index (χ0) is 7.61. The summed E-state index contributed by atoms with van der Waals surface area (Å²) in [5, 5.41) is 11.1. The number of hydrogen-bond acceptors (Lipinski definition) is 6. The Kier molecular flexibility index (Phi) is 4.44. The summed E-state index contributed by atoms with van der Waals surface area (Å²) in [4.78, 5) is 0. The standard InChI is InChI=1S/C2H3N3O3S2.Na.H/c3-10(6,7)8-2-5-4-1-9-2;;/h1H,(H2,3,6,7);;/q;+1;-1. The molecule has 0 aliphatic heterocycles. The van der Waals surface area contributed by atoms with Crippen molar-refractivity contribution in [1.82, 2.24) is 10.2 Å². The zero-order valence-electron chi connectivity index (χ0n) is 6.59. The Hall–Kier alpha value is 0.270. The summed E-state index contributed by atoms with van der Waals surface area (Å²) in [6, 6.07) is 0. The van der Waals surface area contributed by atoms with Gasteiger partial charge >= 0.3 is 45.1 Å². The van der Waals surface area contributed by atoms with Crippen LogP contribution < -0.4 is 38.9 Å². The summed E-state index contributed by atoms with van der Waals surface area (Å²) in [5.74, 6) is 0. The molecule has 0 saturated heterocycles. The topological polar surface area (TPSA) is 95.2 Å². The van der Waals surface area contributed by atoms with Crippen molar-refractivity contribution < 1.29 is 43.6 Å². The van der Waals surface area contributed by atoms with Crippen LogP contribution in [0.15, 0.2) is 5.51 Å². The van der Waals surface area contributed by atoms with Crippen molar-refractivity contribution in [1.29, 1.82) is 0 Å². The van der Waals surface area contributed by atoms with Gasteiger partial charge in [0.25, 0.3) is 0 Å². The molecule has 1 rings (SSSR count). The molecule has 0 amide bonds. The maximum Gasteiger partial charge on any atom is 1.00 e. The minimum absolute atomic E-state index is 0. The summed E-state index contributed by atoms with van der Waals surface area (Å²) in [7, 11) is -3.94. The quantitative estimate of drug-likeness (QED) is 0.500. The zero-order valence-corrected chi connectivity index (χ0v) is 9.22. The van der Waals surface area contributed by atoms with Gasteiger partial charge in [0.15, 0.2) is 0 Å². The van der Waals surface area contributed by atoms with Gasteiger partial charge in [-0.2, -0.15) is 13.6 Å². The predicted molar refractivity (Wildman–Crippen MR) is 34.8 cm³/mol. The smallest absolute Gasteiger partial charge is 1.00 e. The van der Waals surface area contributed by atoms with Crippen LogP contribution in [0.1, 0.15) is 1.43 Å². The van der Waals surface area contributed by atoms with E-state index in [0.29, 0.717) is 0 Å². The molecule has 0 saturated carbocycles. The Balaban J connectivity index is 0. The molecule has 1 aromatic heterocycles. The maximum atomic E-state index is 10.2. The van der Waals surface area contributed by atoms with E-state index in [4.69, 9.17) is 0 Å². The first kappa shape index (κ1) is 11.3. The Morgan fingerprint density at radius 1 is 1.73 bits per heavy atom. The third kappa shape index (κ3) is 4.67. The largest absolute Gasteiger partial charge is 1.00 e. The normalized spacial score (nSPS) is 10.3. The molecular weight excluding hydrogens is 201 g/mol. The molecule has 0 unspecified atom stereocenters. The Labute approximate surface area is 90.8 Å². The van der Waals surface area contributed by atoms with Gasteiger partial charge in [-0.25, -0.2) is 0 Å². The number of nitrogens with two attached hydrogens (primary N) is 1. The van der Waals surface area contributed by atoms with Crippen LogP contribution in [-0.2, 0) is 10.3 Å². The number of nitrogens with zero attached hydrogens (tertiary/aromatic N) is 2. The number of aromatic nitrogens is 2. The Morgan fingerprint density at radius 3 is 2.73 bits per heavy atom. The molecule has 6 nitrogen and oxygen atoms in total. The van der Waals surface area contributed by atoms with Crippen molar-refractivity contribution in [2.45, 2.75) is 0 Å². The van der Waals surface area contributed by atoms with Gasteiger partial charge in [-0.1, -0.05) is 16.4 Å². The Bertz CT molecular complexity index is 299. The average molecular weight is 205 g/mol. The van der Waals surface area contributed by atoms with E-state index in [-0.39, 0.29) is 36.2 Å². The van der Waals surface area contributed by atoms with Crippen LogP contribution in [0, 0.1) is 0 Å². The molecule has 0 fully saturated rings. The maximum absolute atomic E-state index is 10.2. The van der Waals surface area contributed by atoms with Crippen LogP contribution in [0.3, 0.4) is 0 Å². The predicted octanol–water partition coefficient (Wildman–Crippen LogP) is -3.76. The van der Waals surface area contributed by atoms with Crippen LogP contribution in [0.25, 0.3) is 0 Å². The fourth-order valence-electron chi connectivity index (χ4n) is 0.299. The average Bonchev–Trinajstić information content (AvgIpc) is 2.12. The third-order valence-corrected chi connectivity index (χ3v) is 1.59. The second-order valence-corrected chi connectivity index (χ2v) is 3.23. The fraction of sp³-hybridized carbons (Fsp3) is 0. The number of rotatable bonds is 2. The molecule has 0 atom stereocenters. The van der Waals surface area contributed by atoms with Gasteiger partial charge in [-0.05, 0) is 0 Å². The van der Waals surface area contributed by atoms with Gasteiger partial charge in [0.05, 0.1) is 0 Å². The SMILES string of the molecule is NS(=O)(=O)Oc1nncs1.[H-].[Na+]. The van der Waals surface area contributed by atoms with E-state index in [9.17, 15) is 8.42 Å². The van der Waals surface area contributed by atoms with Crippen LogP contribution in [-0.4, -0.2) is 18.6 Å². The van der Waals surface area contributed by atoms with Crippen molar-refractivity contribution in [3.63, 3.8) is 0 Å². The van der Waals surface area contributed by atoms with Gasteiger partial charge in [-0.3, -0.25) is 0 Å². The molecule has 2 N–H and O–H groups in total. The van der Waals surface area contributed by atoms with E-state index in [1.165, 1.54) is 5.51 Å². The first-order chi connectivity index (χ1) is 4.58. The van der Waals surface area contributed by atoms with E-state index in [1.54, 1.807) is 0 Å². The van der Waals surface area contributed by atoms with E-state index in [0.717, 1.165) is 11.3 Å². The van der Waals surface area contributed by atoms with Crippen molar-refractivity contribution in [3.8, 4) is 5.19 Å². The van der Waals surface area contributed by atoms with Gasteiger partial charge in [-0.15, -0.1) is 5.10 Å². The molecule has 0 aliphatic carbocycles. The molecule has 0 aromatic carbocycles. The molecular formula is C2H4N3NaO3S2. The first-order valence-electron chi connectivity index (χ1n) is 2.06. The van der Waals surface area contributed by atoms with E-state index < -0.39 is 10.3 Å². The minimum atomic E-state index is -3.94. The van der Waals surface area contributed by atoms with Crippen LogP contribution >= 0.6 is 11.3 Å². The van der Waals surface area contributed by atoms with Crippen molar-refractivity contribution in [3.05, 3.63) is 5.51 Å². The first-order valence-corrected chi connectivity index (χ1v) is 4.41. The minimum Gasteiger partial charge on any atom is -1.00 e. The summed E-state index contributed by atoms with van der Waals surface area (Å²) in [6.45, 7) is 0. The van der Waals surface area contributed by atoms with Crippen LogP contribution in [0.4, 0.5) is 0 Å². The molecule has 58 valence electrons. The van der Waals surface area contributed by atoms with Crippen molar-refractivity contribution >= 4 is 21.6 Å². The molecule has 9 heteroatoms. The van der Waals surface area contributed by atoms with E-state index in [2.05, 4.69) is 19.5 Å². The van der Waals surface area contributed by atoms with Crippen LogP contribution in [0.5, 0.6) is 5.19 Å². The molecule has 0 bridgehead atoms. The van der Waals surface area contributed by atoms with Gasteiger partial charge in [0.2, 0.25) is 0 Å². The fourth-order valence-corrected chi connectivity index (χ4v) is 1.25. The van der Waals surface area contributed by atoms with Gasteiger partial charge < -0.3 is 5.61 Å². The third-order valence-electron chi connectivity index (χ3n) is 0.527. The Morgan fingerprint density at radius 2 is 2.36 bits per heavy atom. The monoisotopic (exact) mass is 205 g/mol. The molecule has 0 spiro atoms. The summed E-state index contributed by atoms with van der Waals surface area (Å²) >= 11 is 0.946. The van der Waals surface area contributed by atoms with E-state index >= 15 is 0 Å². The molecule has 11 heavy (non-hydrogen) atoms. The molecule has 1 heterocycles. The van der Waals surface area contributed by atoms with Crippen molar-refractivity contribution in [2.75, 3.05) is 0 Å². The van der Waals surface area contributed by atoms with Gasteiger partial charge in [0.1, 0.15) is 5.51 Å². The van der Waals surface area contributed by atoms with E-state index in [1.807, 2.05) is 0 Å². The molecule has 0 radical (unpaired) electrons. The second kappa shape index (κ2) is 4.33. The summed E-state index contributed by atoms with van der Waals surface area (Å²) in [5.41, 5.74) is 1.33. The van der Waals surface area contributed by atoms with Crippen molar-refractivity contribution in [2.24, 2.45) is 5.14 Å². The van der Waals surface area contributed by atoms with Crippen LogP contribution in [0.2, 0.25) is 0 Å². The number of hydrogen-bond donors (Lipinski definition) is 1. The molecule has 0 aliphatic rings. The summed E-state index contributed by atoms with van der Waals surface area (Å²) < 4.78 is 24.5. The second-order valence-electron chi connectivity index (χ2n) is 1.28. The summed E-state index contributed by atoms with van der Waals surface area (Å²) in [6.07, 6.45) is 0. The molecule has 1 aromatic rings. The van der Waals surface area contributed by atoms with Gasteiger partial charge in [0, 0.05) is 0 Å².